The zero-order valence-electron chi connectivity index (χ0n) is 16.1. The summed E-state index contributed by atoms with van der Waals surface area (Å²) in [6.45, 7) is 3.61. The van der Waals surface area contributed by atoms with Crippen LogP contribution in [0.15, 0.2) is 30.3 Å². The maximum Gasteiger partial charge on any atom is 0.251 e. The molecule has 1 aliphatic carbocycles. The molecule has 1 aliphatic rings. The second-order valence-corrected chi connectivity index (χ2v) is 8.44. The normalized spacial score (nSPS) is 16.7. The van der Waals surface area contributed by atoms with E-state index < -0.39 is 11.9 Å². The van der Waals surface area contributed by atoms with Gasteiger partial charge in [0.05, 0.1) is 18.0 Å². The summed E-state index contributed by atoms with van der Waals surface area (Å²) in [5, 5.41) is 6.20. The highest BCUT2D eigenvalue weighted by atomic mass is 32.1. The summed E-state index contributed by atoms with van der Waals surface area (Å²) in [6, 6.07) is 8.90. The Balaban J connectivity index is 1.80. The molecule has 1 aromatic heterocycles. The largest absolute Gasteiger partial charge is 0.365 e. The van der Waals surface area contributed by atoms with E-state index in [1.165, 1.54) is 18.3 Å². The molecule has 6 nitrogen and oxygen atoms in total. The maximum atomic E-state index is 12.7. The maximum absolute atomic E-state index is 12.7. The number of thiophene rings is 1. The van der Waals surface area contributed by atoms with E-state index >= 15 is 0 Å². The molecule has 3 rings (SSSR count). The van der Waals surface area contributed by atoms with Gasteiger partial charge in [0.25, 0.3) is 5.91 Å². The average molecular weight is 400 g/mol. The van der Waals surface area contributed by atoms with E-state index in [0.29, 0.717) is 16.5 Å². The first-order valence-corrected chi connectivity index (χ1v) is 10.2. The van der Waals surface area contributed by atoms with Crippen LogP contribution in [0.3, 0.4) is 0 Å². The number of nitrogens with one attached hydrogen (secondary N) is 2. The highest BCUT2D eigenvalue weighted by Crippen LogP contribution is 2.39. The van der Waals surface area contributed by atoms with Crippen LogP contribution in [-0.2, 0) is 22.4 Å². The third kappa shape index (κ3) is 4.59. The van der Waals surface area contributed by atoms with Crippen molar-refractivity contribution in [3.63, 3.8) is 0 Å². The number of amides is 3. The first-order valence-electron chi connectivity index (χ1n) is 9.41. The van der Waals surface area contributed by atoms with Gasteiger partial charge in [0.15, 0.2) is 0 Å². The molecular weight excluding hydrogens is 374 g/mol. The topological polar surface area (TPSA) is 101 Å². The minimum atomic E-state index is -0.510. The van der Waals surface area contributed by atoms with E-state index in [-0.39, 0.29) is 18.2 Å². The summed E-state index contributed by atoms with van der Waals surface area (Å²) in [5.41, 5.74) is 7.88. The van der Waals surface area contributed by atoms with Crippen molar-refractivity contribution < 1.29 is 14.4 Å². The highest BCUT2D eigenvalue weighted by Gasteiger charge is 2.27. The van der Waals surface area contributed by atoms with Gasteiger partial charge in [-0.25, -0.2) is 0 Å². The molecule has 7 heteroatoms. The van der Waals surface area contributed by atoms with Crippen molar-refractivity contribution in [2.24, 2.45) is 11.7 Å². The minimum Gasteiger partial charge on any atom is -0.365 e. The first-order chi connectivity index (χ1) is 13.3. The zero-order valence-corrected chi connectivity index (χ0v) is 16.9. The molecule has 0 saturated carbocycles. The quantitative estimate of drug-likeness (QED) is 0.695. The number of rotatable bonds is 6. The number of benzene rings is 1. The van der Waals surface area contributed by atoms with Gasteiger partial charge in [0, 0.05) is 11.8 Å². The lowest BCUT2D eigenvalue weighted by Crippen LogP contribution is -2.30. The molecule has 0 radical (unpaired) electrons. The number of hydrogen-bond acceptors (Lipinski definition) is 4. The fourth-order valence-corrected chi connectivity index (χ4v) is 5.08. The molecule has 1 heterocycles. The summed E-state index contributed by atoms with van der Waals surface area (Å²) in [7, 11) is 0. The molecule has 1 aromatic carbocycles. The van der Waals surface area contributed by atoms with Gasteiger partial charge in [-0.3, -0.25) is 14.4 Å². The first kappa shape index (κ1) is 20.1. The molecule has 0 bridgehead atoms. The van der Waals surface area contributed by atoms with Crippen LogP contribution in [0.5, 0.6) is 0 Å². The minimum absolute atomic E-state index is 0.0702. The third-order valence-corrected chi connectivity index (χ3v) is 6.15. The van der Waals surface area contributed by atoms with Gasteiger partial charge >= 0.3 is 0 Å². The number of carbonyl (C=O) groups excluding carboxylic acids is 3. The number of hydrogen-bond donors (Lipinski definition) is 3. The summed E-state index contributed by atoms with van der Waals surface area (Å²) >= 11 is 1.44. The standard InChI is InChI=1S/C21H25N3O3S/c1-12-8-9-15-17(10-12)28-21(19(15)20(22)27)24-18(26)11-16(23-13(2)25)14-6-4-3-5-7-14/h3-7,12,16H,8-11H2,1-2H3,(H2,22,27)(H,23,25)(H,24,26). The smallest absolute Gasteiger partial charge is 0.251 e. The zero-order chi connectivity index (χ0) is 20.3. The highest BCUT2D eigenvalue weighted by molar-refractivity contribution is 7.17. The molecule has 2 unspecified atom stereocenters. The Morgan fingerprint density at radius 3 is 2.61 bits per heavy atom. The average Bonchev–Trinajstić information content (AvgIpc) is 2.98. The molecule has 3 amide bonds. The SMILES string of the molecule is CC(=O)NC(CC(=O)Nc1sc2c(c1C(N)=O)CCC(C)C2)c1ccccc1. The van der Waals surface area contributed by atoms with Crippen LogP contribution in [-0.4, -0.2) is 17.7 Å². The van der Waals surface area contributed by atoms with Crippen LogP contribution < -0.4 is 16.4 Å². The van der Waals surface area contributed by atoms with E-state index in [4.69, 9.17) is 5.73 Å². The Morgan fingerprint density at radius 1 is 1.25 bits per heavy atom. The van der Waals surface area contributed by atoms with Crippen molar-refractivity contribution in [2.45, 2.75) is 45.6 Å². The van der Waals surface area contributed by atoms with Crippen LogP contribution in [0.25, 0.3) is 0 Å². The molecule has 0 saturated heterocycles. The van der Waals surface area contributed by atoms with Crippen LogP contribution in [0.4, 0.5) is 5.00 Å². The van der Waals surface area contributed by atoms with Crippen molar-refractivity contribution in [3.8, 4) is 0 Å². The Kier molecular flexibility index (Phi) is 6.14. The van der Waals surface area contributed by atoms with Gasteiger partial charge in [-0.2, -0.15) is 0 Å². The Bertz CT molecular complexity index is 892. The van der Waals surface area contributed by atoms with E-state index in [1.54, 1.807) is 0 Å². The summed E-state index contributed by atoms with van der Waals surface area (Å²) in [4.78, 5) is 37.5. The fourth-order valence-electron chi connectivity index (χ4n) is 3.65. The predicted octanol–water partition coefficient (Wildman–Crippen LogP) is 3.18. The van der Waals surface area contributed by atoms with E-state index in [1.807, 2.05) is 30.3 Å². The molecular formula is C21H25N3O3S. The molecule has 0 spiro atoms. The molecule has 2 atom stereocenters. The Morgan fingerprint density at radius 2 is 1.96 bits per heavy atom. The van der Waals surface area contributed by atoms with Gasteiger partial charge in [0.1, 0.15) is 5.00 Å². The fraction of sp³-hybridized carbons (Fsp3) is 0.381. The predicted molar refractivity (Wildman–Crippen MR) is 110 cm³/mol. The summed E-state index contributed by atoms with van der Waals surface area (Å²) < 4.78 is 0. The van der Waals surface area contributed by atoms with E-state index in [9.17, 15) is 14.4 Å². The summed E-state index contributed by atoms with van der Waals surface area (Å²) in [5.74, 6) is -0.432. The number of primary amides is 1. The monoisotopic (exact) mass is 399 g/mol. The van der Waals surface area contributed by atoms with Crippen LogP contribution in [0, 0.1) is 5.92 Å². The number of nitrogens with two attached hydrogens (primary N) is 1. The van der Waals surface area contributed by atoms with Crippen molar-refractivity contribution in [3.05, 3.63) is 51.9 Å². The second-order valence-electron chi connectivity index (χ2n) is 7.34. The van der Waals surface area contributed by atoms with Gasteiger partial charge in [0.2, 0.25) is 11.8 Å². The second kappa shape index (κ2) is 8.56. The van der Waals surface area contributed by atoms with E-state index in [0.717, 1.165) is 35.3 Å². The third-order valence-electron chi connectivity index (χ3n) is 4.98. The molecule has 148 valence electrons. The van der Waals surface area contributed by atoms with Crippen molar-refractivity contribution >= 4 is 34.1 Å². The lowest BCUT2D eigenvalue weighted by Gasteiger charge is -2.18. The van der Waals surface area contributed by atoms with Crippen LogP contribution in [0.2, 0.25) is 0 Å². The van der Waals surface area contributed by atoms with Gasteiger partial charge < -0.3 is 16.4 Å². The molecule has 4 N–H and O–H groups in total. The van der Waals surface area contributed by atoms with E-state index in [2.05, 4.69) is 17.6 Å². The van der Waals surface area contributed by atoms with Gasteiger partial charge in [-0.05, 0) is 36.3 Å². The number of fused-ring (bicyclic) bond motifs is 1. The molecule has 2 aromatic rings. The molecule has 28 heavy (non-hydrogen) atoms. The van der Waals surface area contributed by atoms with Crippen molar-refractivity contribution in [2.75, 3.05) is 5.32 Å². The summed E-state index contributed by atoms with van der Waals surface area (Å²) in [6.07, 6.45) is 2.78. The lowest BCUT2D eigenvalue weighted by molar-refractivity contribution is -0.120. The van der Waals surface area contributed by atoms with Gasteiger partial charge in [-0.1, -0.05) is 37.3 Å². The number of carbonyl (C=O) groups is 3. The van der Waals surface area contributed by atoms with Crippen molar-refractivity contribution in [1.29, 1.82) is 0 Å². The molecule has 0 fully saturated rings. The lowest BCUT2D eigenvalue weighted by atomic mass is 9.88. The van der Waals surface area contributed by atoms with Gasteiger partial charge in [-0.15, -0.1) is 11.3 Å². The molecule has 0 aliphatic heterocycles. The van der Waals surface area contributed by atoms with Crippen LogP contribution >= 0.6 is 11.3 Å². The Hall–Kier alpha value is -2.67. The van der Waals surface area contributed by atoms with Crippen LogP contribution in [0.1, 0.15) is 59.1 Å². The van der Waals surface area contributed by atoms with Crippen molar-refractivity contribution in [1.82, 2.24) is 5.32 Å². The number of anilines is 1. The Labute approximate surface area is 168 Å².